The van der Waals surface area contributed by atoms with Crippen molar-refractivity contribution in [1.29, 1.82) is 0 Å². The molecule has 6 nitrogen and oxygen atoms in total. The summed E-state index contributed by atoms with van der Waals surface area (Å²) >= 11 is 1.48. The number of halogens is 1. The van der Waals surface area contributed by atoms with Crippen LogP contribution in [0, 0.1) is 5.82 Å². The molecule has 0 unspecified atom stereocenters. The number of hydrogen-bond acceptors (Lipinski definition) is 5. The summed E-state index contributed by atoms with van der Waals surface area (Å²) in [6.07, 6.45) is 0. The van der Waals surface area contributed by atoms with Gasteiger partial charge in [0.05, 0.1) is 17.2 Å². The first-order valence-corrected chi connectivity index (χ1v) is 8.69. The van der Waals surface area contributed by atoms with Gasteiger partial charge in [-0.25, -0.2) is 14.1 Å². The predicted octanol–water partition coefficient (Wildman–Crippen LogP) is 2.59. The van der Waals surface area contributed by atoms with Gasteiger partial charge < -0.3 is 10.0 Å². The summed E-state index contributed by atoms with van der Waals surface area (Å²) in [7, 11) is 0. The Kier molecular flexibility index (Phi) is 5.20. The maximum atomic E-state index is 13.2. The van der Waals surface area contributed by atoms with Crippen molar-refractivity contribution in [2.24, 2.45) is 0 Å². The van der Waals surface area contributed by atoms with E-state index in [-0.39, 0.29) is 30.7 Å². The molecule has 0 spiro atoms. The third-order valence-electron chi connectivity index (χ3n) is 3.65. The topological polar surface area (TPSA) is 71.2 Å². The fourth-order valence-corrected chi connectivity index (χ4v) is 3.09. The number of carbonyl (C=O) groups is 1. The molecule has 0 aliphatic heterocycles. The fourth-order valence-electron chi connectivity index (χ4n) is 2.40. The summed E-state index contributed by atoms with van der Waals surface area (Å²) in [5.41, 5.74) is 0.613. The van der Waals surface area contributed by atoms with Gasteiger partial charge in [0.15, 0.2) is 5.82 Å². The first-order chi connectivity index (χ1) is 12.1. The number of aromatic nitrogens is 3. The smallest absolute Gasteiger partial charge is 0.293 e. The Bertz CT molecular complexity index is 846. The van der Waals surface area contributed by atoms with Gasteiger partial charge in [0.1, 0.15) is 5.82 Å². The van der Waals surface area contributed by atoms with Crippen LogP contribution >= 0.6 is 11.3 Å². The molecule has 2 heterocycles. The van der Waals surface area contributed by atoms with Gasteiger partial charge in [-0.15, -0.1) is 16.4 Å². The number of aliphatic hydroxyl groups is 1. The predicted molar refractivity (Wildman–Crippen MR) is 93.3 cm³/mol. The molecule has 3 rings (SSSR count). The SMILES string of the molecule is CCN(CCO)C(=O)c1nc(-c2cccs2)n(-c2ccc(F)cc2)n1. The lowest BCUT2D eigenvalue weighted by Crippen LogP contribution is -2.34. The molecule has 0 saturated heterocycles. The van der Waals surface area contributed by atoms with E-state index in [1.165, 1.54) is 33.1 Å². The lowest BCUT2D eigenvalue weighted by molar-refractivity contribution is 0.0720. The van der Waals surface area contributed by atoms with Crippen LogP contribution in [0.3, 0.4) is 0 Å². The van der Waals surface area contributed by atoms with Crippen molar-refractivity contribution in [3.05, 3.63) is 53.4 Å². The first-order valence-electron chi connectivity index (χ1n) is 7.81. The Hall–Kier alpha value is -2.58. The van der Waals surface area contributed by atoms with Gasteiger partial charge >= 0.3 is 0 Å². The summed E-state index contributed by atoms with van der Waals surface area (Å²) in [4.78, 5) is 19.3. The molecule has 0 bridgehead atoms. The van der Waals surface area contributed by atoms with Crippen LogP contribution in [0.15, 0.2) is 41.8 Å². The van der Waals surface area contributed by atoms with Crippen LogP contribution < -0.4 is 0 Å². The summed E-state index contributed by atoms with van der Waals surface area (Å²) in [6.45, 7) is 2.36. The van der Waals surface area contributed by atoms with Gasteiger partial charge in [0.25, 0.3) is 5.91 Å². The molecule has 0 saturated carbocycles. The van der Waals surface area contributed by atoms with Crippen LogP contribution in [-0.2, 0) is 0 Å². The van der Waals surface area contributed by atoms with E-state index in [9.17, 15) is 9.18 Å². The number of benzene rings is 1. The summed E-state index contributed by atoms with van der Waals surface area (Å²) in [5, 5.41) is 15.3. The Balaban J connectivity index is 2.06. The third-order valence-corrected chi connectivity index (χ3v) is 4.52. The standard InChI is InChI=1S/C17H17FN4O2S/c1-2-21(9-10-23)17(24)15-19-16(14-4-3-11-25-14)22(20-15)13-7-5-12(18)6-8-13/h3-8,11,23H,2,9-10H2,1H3. The lowest BCUT2D eigenvalue weighted by Gasteiger charge is -2.17. The molecule has 130 valence electrons. The molecule has 1 aromatic carbocycles. The molecular formula is C17H17FN4O2S. The monoisotopic (exact) mass is 360 g/mol. The Morgan fingerprint density at radius 3 is 2.68 bits per heavy atom. The number of likely N-dealkylation sites (N-methyl/N-ethyl adjacent to an activating group) is 1. The molecule has 0 radical (unpaired) electrons. The molecule has 8 heteroatoms. The molecule has 0 atom stereocenters. The zero-order chi connectivity index (χ0) is 17.8. The Morgan fingerprint density at radius 1 is 1.32 bits per heavy atom. The van der Waals surface area contributed by atoms with Gasteiger partial charge in [-0.3, -0.25) is 4.79 Å². The minimum absolute atomic E-state index is 0.0445. The zero-order valence-electron chi connectivity index (χ0n) is 13.6. The largest absolute Gasteiger partial charge is 0.395 e. The highest BCUT2D eigenvalue weighted by Crippen LogP contribution is 2.26. The van der Waals surface area contributed by atoms with Crippen molar-refractivity contribution in [3.8, 4) is 16.4 Å². The fraction of sp³-hybridized carbons (Fsp3) is 0.235. The highest BCUT2D eigenvalue weighted by molar-refractivity contribution is 7.13. The maximum absolute atomic E-state index is 13.2. The molecule has 1 amide bonds. The van der Waals surface area contributed by atoms with E-state index in [1.807, 2.05) is 24.4 Å². The molecule has 0 aliphatic rings. The zero-order valence-corrected chi connectivity index (χ0v) is 14.4. The van der Waals surface area contributed by atoms with Crippen LogP contribution in [0.25, 0.3) is 16.4 Å². The van der Waals surface area contributed by atoms with Crippen LogP contribution in [0.4, 0.5) is 4.39 Å². The minimum atomic E-state index is -0.352. The molecular weight excluding hydrogens is 343 g/mol. The number of aliphatic hydroxyl groups excluding tert-OH is 1. The Labute approximate surface area is 148 Å². The van der Waals surface area contributed by atoms with Crippen molar-refractivity contribution < 1.29 is 14.3 Å². The molecule has 3 aromatic rings. The van der Waals surface area contributed by atoms with E-state index >= 15 is 0 Å². The maximum Gasteiger partial charge on any atom is 0.293 e. The van der Waals surface area contributed by atoms with Gasteiger partial charge in [-0.2, -0.15) is 0 Å². The van der Waals surface area contributed by atoms with Gasteiger partial charge in [0, 0.05) is 13.1 Å². The highest BCUT2D eigenvalue weighted by Gasteiger charge is 2.22. The van der Waals surface area contributed by atoms with Crippen molar-refractivity contribution in [1.82, 2.24) is 19.7 Å². The summed E-state index contributed by atoms with van der Waals surface area (Å²) < 4.78 is 14.8. The second-order valence-electron chi connectivity index (χ2n) is 5.23. The molecule has 0 aliphatic carbocycles. The number of nitrogens with zero attached hydrogens (tertiary/aromatic N) is 4. The molecule has 0 fully saturated rings. The van der Waals surface area contributed by atoms with Crippen molar-refractivity contribution >= 4 is 17.2 Å². The number of thiophene rings is 1. The summed E-state index contributed by atoms with van der Waals surface area (Å²) in [6, 6.07) is 9.60. The van der Waals surface area contributed by atoms with Crippen LogP contribution in [0.5, 0.6) is 0 Å². The van der Waals surface area contributed by atoms with Crippen LogP contribution in [0.1, 0.15) is 17.5 Å². The number of carbonyl (C=O) groups excluding carboxylic acids is 1. The van der Waals surface area contributed by atoms with E-state index in [0.717, 1.165) is 4.88 Å². The number of amides is 1. The average Bonchev–Trinajstić information content (AvgIpc) is 3.29. The van der Waals surface area contributed by atoms with E-state index < -0.39 is 0 Å². The van der Waals surface area contributed by atoms with E-state index in [2.05, 4.69) is 10.1 Å². The first kappa shape index (κ1) is 17.2. The van der Waals surface area contributed by atoms with Crippen molar-refractivity contribution in [3.63, 3.8) is 0 Å². The van der Waals surface area contributed by atoms with Crippen molar-refractivity contribution in [2.45, 2.75) is 6.92 Å². The summed E-state index contributed by atoms with van der Waals surface area (Å²) in [5.74, 6) is -0.138. The number of hydrogen-bond donors (Lipinski definition) is 1. The molecule has 1 N–H and O–H groups in total. The van der Waals surface area contributed by atoms with Crippen LogP contribution in [0.2, 0.25) is 0 Å². The van der Waals surface area contributed by atoms with E-state index in [0.29, 0.717) is 18.1 Å². The van der Waals surface area contributed by atoms with E-state index in [4.69, 9.17) is 5.11 Å². The highest BCUT2D eigenvalue weighted by atomic mass is 32.1. The van der Waals surface area contributed by atoms with Gasteiger partial charge in [0.2, 0.25) is 5.82 Å². The van der Waals surface area contributed by atoms with Crippen molar-refractivity contribution in [2.75, 3.05) is 19.7 Å². The average molecular weight is 360 g/mol. The Morgan fingerprint density at radius 2 is 2.08 bits per heavy atom. The molecule has 2 aromatic heterocycles. The minimum Gasteiger partial charge on any atom is -0.395 e. The van der Waals surface area contributed by atoms with Gasteiger partial charge in [-0.1, -0.05) is 6.07 Å². The number of rotatable bonds is 6. The third kappa shape index (κ3) is 3.59. The van der Waals surface area contributed by atoms with Gasteiger partial charge in [-0.05, 0) is 42.6 Å². The van der Waals surface area contributed by atoms with E-state index in [1.54, 1.807) is 12.1 Å². The lowest BCUT2D eigenvalue weighted by atomic mass is 10.3. The molecule has 25 heavy (non-hydrogen) atoms. The quantitative estimate of drug-likeness (QED) is 0.733. The van der Waals surface area contributed by atoms with Crippen LogP contribution in [-0.4, -0.2) is 50.4 Å². The second kappa shape index (κ2) is 7.54. The second-order valence-corrected chi connectivity index (χ2v) is 6.18. The normalized spacial score (nSPS) is 10.8.